The molecule has 3 rings (SSSR count). The summed E-state index contributed by atoms with van der Waals surface area (Å²) in [7, 11) is 3.90. The van der Waals surface area contributed by atoms with E-state index in [0.29, 0.717) is 5.92 Å². The second-order valence-corrected chi connectivity index (χ2v) is 6.57. The van der Waals surface area contributed by atoms with Crippen molar-refractivity contribution in [1.29, 1.82) is 0 Å². The minimum atomic E-state index is 0.269. The molecule has 4 heteroatoms. The van der Waals surface area contributed by atoms with E-state index in [2.05, 4.69) is 29.4 Å². The number of methoxy groups -OCH3 is 1. The first-order valence-corrected chi connectivity index (χ1v) is 8.50. The number of likely N-dealkylation sites (N-methyl/N-ethyl adjacent to an activating group) is 1. The average Bonchev–Trinajstić information content (AvgIpc) is 2.56. The first kappa shape index (κ1) is 15.6. The van der Waals surface area contributed by atoms with Gasteiger partial charge in [0, 0.05) is 24.6 Å². The molecule has 0 aromatic heterocycles. The number of rotatable bonds is 4. The summed E-state index contributed by atoms with van der Waals surface area (Å²) in [5.41, 5.74) is 1.31. The molecular weight excluding hydrogens is 276 g/mol. The van der Waals surface area contributed by atoms with Crippen LogP contribution in [-0.4, -0.2) is 51.3 Å². The molecule has 2 saturated heterocycles. The minimum Gasteiger partial charge on any atom is -0.493 e. The van der Waals surface area contributed by atoms with Crippen LogP contribution < -0.4 is 14.8 Å². The highest BCUT2D eigenvalue weighted by atomic mass is 16.5. The highest BCUT2D eigenvalue weighted by molar-refractivity contribution is 5.48. The number of hydrogen-bond acceptors (Lipinski definition) is 4. The lowest BCUT2D eigenvalue weighted by molar-refractivity contribution is 0.0996. The van der Waals surface area contributed by atoms with Crippen molar-refractivity contribution in [1.82, 2.24) is 10.2 Å². The predicted octanol–water partition coefficient (Wildman–Crippen LogP) is 2.64. The molecule has 0 aliphatic carbocycles. The van der Waals surface area contributed by atoms with Gasteiger partial charge in [0.25, 0.3) is 0 Å². The van der Waals surface area contributed by atoms with E-state index in [1.165, 1.54) is 31.4 Å². The van der Waals surface area contributed by atoms with Gasteiger partial charge in [0.05, 0.1) is 7.11 Å². The third-order valence-electron chi connectivity index (χ3n) is 4.83. The van der Waals surface area contributed by atoms with Crippen molar-refractivity contribution in [2.24, 2.45) is 0 Å². The third-order valence-corrected chi connectivity index (χ3v) is 4.83. The third kappa shape index (κ3) is 3.55. The van der Waals surface area contributed by atoms with E-state index in [0.717, 1.165) is 37.6 Å². The van der Waals surface area contributed by atoms with E-state index in [1.54, 1.807) is 7.11 Å². The molecule has 0 bridgehead atoms. The number of nitrogens with one attached hydrogen (secondary N) is 1. The smallest absolute Gasteiger partial charge is 0.165 e. The molecule has 0 spiro atoms. The maximum atomic E-state index is 6.44. The van der Waals surface area contributed by atoms with Gasteiger partial charge in [-0.05, 0) is 51.9 Å². The van der Waals surface area contributed by atoms with Crippen LogP contribution in [0.15, 0.2) is 18.2 Å². The van der Waals surface area contributed by atoms with Gasteiger partial charge in [0.1, 0.15) is 6.10 Å². The molecular formula is C18H28N2O2. The van der Waals surface area contributed by atoms with E-state index in [4.69, 9.17) is 9.47 Å². The van der Waals surface area contributed by atoms with Crippen LogP contribution in [-0.2, 0) is 0 Å². The van der Waals surface area contributed by atoms with Crippen LogP contribution in [0.3, 0.4) is 0 Å². The summed E-state index contributed by atoms with van der Waals surface area (Å²) in [6, 6.07) is 6.31. The van der Waals surface area contributed by atoms with Gasteiger partial charge in [0.2, 0.25) is 0 Å². The number of hydrogen-bond donors (Lipinski definition) is 1. The molecule has 1 aromatic carbocycles. The molecule has 1 N–H and O–H groups in total. The molecule has 2 unspecified atom stereocenters. The Bertz CT molecular complexity index is 486. The van der Waals surface area contributed by atoms with E-state index >= 15 is 0 Å². The first-order chi connectivity index (χ1) is 10.8. The molecule has 4 nitrogen and oxygen atoms in total. The largest absolute Gasteiger partial charge is 0.493 e. The molecule has 2 heterocycles. The summed E-state index contributed by atoms with van der Waals surface area (Å²) in [6.45, 7) is 4.34. The van der Waals surface area contributed by atoms with Crippen molar-refractivity contribution >= 4 is 0 Å². The van der Waals surface area contributed by atoms with Crippen LogP contribution in [0.4, 0.5) is 0 Å². The summed E-state index contributed by atoms with van der Waals surface area (Å²) < 4.78 is 12.0. The van der Waals surface area contributed by atoms with Crippen LogP contribution in [0.5, 0.6) is 11.5 Å². The molecule has 2 fully saturated rings. The van der Waals surface area contributed by atoms with E-state index in [1.807, 2.05) is 6.07 Å². The standard InChI is InChI=1S/C18H28N2O2/c1-20-11-5-7-15(13-20)22-18-16(8-3-9-17(18)21-2)14-6-4-10-19-12-14/h3,8-9,14-15,19H,4-7,10-13H2,1-2H3. The minimum absolute atomic E-state index is 0.269. The van der Waals surface area contributed by atoms with Crippen LogP contribution in [0.2, 0.25) is 0 Å². The molecule has 2 aliphatic rings. The number of benzene rings is 1. The molecule has 0 radical (unpaired) electrons. The fraction of sp³-hybridized carbons (Fsp3) is 0.667. The average molecular weight is 304 g/mol. The lowest BCUT2D eigenvalue weighted by Gasteiger charge is -2.32. The Labute approximate surface area is 133 Å². The Kier molecular flexibility index (Phi) is 5.21. The SMILES string of the molecule is COc1cccc(C2CCCNC2)c1OC1CCCN(C)C1. The molecule has 1 aromatic rings. The molecule has 0 amide bonds. The van der Waals surface area contributed by atoms with Gasteiger partial charge in [-0.1, -0.05) is 12.1 Å². The summed E-state index contributed by atoms with van der Waals surface area (Å²) >= 11 is 0. The zero-order chi connectivity index (χ0) is 15.4. The number of nitrogens with zero attached hydrogens (tertiary/aromatic N) is 1. The number of piperidine rings is 2. The van der Waals surface area contributed by atoms with Gasteiger partial charge >= 0.3 is 0 Å². The normalized spacial score (nSPS) is 26.6. The molecule has 2 aliphatic heterocycles. The summed E-state index contributed by atoms with van der Waals surface area (Å²) in [4.78, 5) is 2.35. The molecule has 22 heavy (non-hydrogen) atoms. The lowest BCUT2D eigenvalue weighted by Crippen LogP contribution is -2.39. The Hall–Kier alpha value is -1.26. The summed E-state index contributed by atoms with van der Waals surface area (Å²) in [6.07, 6.45) is 5.06. The monoisotopic (exact) mass is 304 g/mol. The van der Waals surface area contributed by atoms with Gasteiger partial charge in [-0.2, -0.15) is 0 Å². The highest BCUT2D eigenvalue weighted by Gasteiger charge is 2.25. The van der Waals surface area contributed by atoms with E-state index < -0.39 is 0 Å². The van der Waals surface area contributed by atoms with Crippen LogP contribution in [0.1, 0.15) is 37.2 Å². The van der Waals surface area contributed by atoms with Crippen molar-refractivity contribution in [3.8, 4) is 11.5 Å². The van der Waals surface area contributed by atoms with Crippen molar-refractivity contribution in [3.63, 3.8) is 0 Å². The first-order valence-electron chi connectivity index (χ1n) is 8.50. The van der Waals surface area contributed by atoms with Crippen LogP contribution in [0, 0.1) is 0 Å². The maximum Gasteiger partial charge on any atom is 0.165 e. The zero-order valence-corrected chi connectivity index (χ0v) is 13.8. The Morgan fingerprint density at radius 2 is 2.14 bits per heavy atom. The van der Waals surface area contributed by atoms with Crippen molar-refractivity contribution in [3.05, 3.63) is 23.8 Å². The fourth-order valence-corrected chi connectivity index (χ4v) is 3.64. The van der Waals surface area contributed by atoms with Gasteiger partial charge in [-0.3, -0.25) is 0 Å². The summed E-state index contributed by atoms with van der Waals surface area (Å²) in [5, 5.41) is 3.50. The van der Waals surface area contributed by atoms with Crippen molar-refractivity contribution in [2.45, 2.75) is 37.7 Å². The zero-order valence-electron chi connectivity index (χ0n) is 13.8. The van der Waals surface area contributed by atoms with Crippen LogP contribution in [0.25, 0.3) is 0 Å². The maximum absolute atomic E-state index is 6.44. The van der Waals surface area contributed by atoms with Crippen molar-refractivity contribution < 1.29 is 9.47 Å². The second kappa shape index (κ2) is 7.34. The Morgan fingerprint density at radius 1 is 1.23 bits per heavy atom. The number of ether oxygens (including phenoxy) is 2. The van der Waals surface area contributed by atoms with Crippen LogP contribution >= 0.6 is 0 Å². The lowest BCUT2D eigenvalue weighted by atomic mass is 9.90. The van der Waals surface area contributed by atoms with E-state index in [-0.39, 0.29) is 6.10 Å². The summed E-state index contributed by atoms with van der Waals surface area (Å²) in [5.74, 6) is 2.37. The highest BCUT2D eigenvalue weighted by Crippen LogP contribution is 2.39. The van der Waals surface area contributed by atoms with Gasteiger partial charge in [-0.15, -0.1) is 0 Å². The van der Waals surface area contributed by atoms with Gasteiger partial charge in [-0.25, -0.2) is 0 Å². The van der Waals surface area contributed by atoms with Gasteiger partial charge < -0.3 is 19.7 Å². The molecule has 122 valence electrons. The van der Waals surface area contributed by atoms with Crippen molar-refractivity contribution in [2.75, 3.05) is 40.3 Å². The Balaban J connectivity index is 1.83. The predicted molar refractivity (Wildman–Crippen MR) is 89.0 cm³/mol. The number of para-hydroxylation sites is 1. The topological polar surface area (TPSA) is 33.7 Å². The molecule has 0 saturated carbocycles. The Morgan fingerprint density at radius 3 is 2.86 bits per heavy atom. The fourth-order valence-electron chi connectivity index (χ4n) is 3.64. The van der Waals surface area contributed by atoms with Gasteiger partial charge in [0.15, 0.2) is 11.5 Å². The molecule has 2 atom stereocenters. The van der Waals surface area contributed by atoms with E-state index in [9.17, 15) is 0 Å². The quantitative estimate of drug-likeness (QED) is 0.927. The second-order valence-electron chi connectivity index (χ2n) is 6.57. The number of likely N-dealkylation sites (tertiary alicyclic amines) is 1.